The van der Waals surface area contributed by atoms with Crippen LogP contribution in [0.5, 0.6) is 0 Å². The number of piperazine rings is 1. The van der Waals surface area contributed by atoms with Gasteiger partial charge in [0.05, 0.1) is 5.56 Å². The second kappa shape index (κ2) is 7.71. The van der Waals surface area contributed by atoms with Crippen molar-refractivity contribution in [3.8, 4) is 0 Å². The third-order valence-electron chi connectivity index (χ3n) is 5.42. The SMILES string of the molecule is Cc1cc(Nc2nc(N3CCN(C(=O)c4cccnc4C)CC3)nn3cccc23)n[nH]1. The van der Waals surface area contributed by atoms with E-state index in [9.17, 15) is 4.79 Å². The van der Waals surface area contributed by atoms with Gasteiger partial charge in [0.15, 0.2) is 11.6 Å². The van der Waals surface area contributed by atoms with Crippen LogP contribution in [0.4, 0.5) is 17.6 Å². The molecular formula is C21H23N9O. The minimum Gasteiger partial charge on any atom is -0.336 e. The van der Waals surface area contributed by atoms with Crippen LogP contribution in [0, 0.1) is 13.8 Å². The number of pyridine rings is 1. The molecule has 158 valence electrons. The number of amides is 1. The number of fused-ring (bicyclic) bond motifs is 1. The average molecular weight is 417 g/mol. The predicted octanol–water partition coefficient (Wildman–Crippen LogP) is 2.17. The lowest BCUT2D eigenvalue weighted by atomic mass is 10.1. The van der Waals surface area contributed by atoms with Crippen molar-refractivity contribution in [3.63, 3.8) is 0 Å². The first-order valence-electron chi connectivity index (χ1n) is 10.2. The number of hydrogen-bond acceptors (Lipinski definition) is 7. The van der Waals surface area contributed by atoms with Crippen LogP contribution in [-0.4, -0.2) is 66.8 Å². The predicted molar refractivity (Wildman–Crippen MR) is 117 cm³/mol. The summed E-state index contributed by atoms with van der Waals surface area (Å²) in [4.78, 5) is 25.8. The van der Waals surface area contributed by atoms with Gasteiger partial charge in [-0.05, 0) is 38.1 Å². The zero-order chi connectivity index (χ0) is 21.4. The van der Waals surface area contributed by atoms with Crippen LogP contribution < -0.4 is 10.2 Å². The summed E-state index contributed by atoms with van der Waals surface area (Å²) in [6.07, 6.45) is 3.60. The molecule has 0 atom stereocenters. The highest BCUT2D eigenvalue weighted by molar-refractivity contribution is 5.95. The van der Waals surface area contributed by atoms with Gasteiger partial charge in [0.25, 0.3) is 5.91 Å². The van der Waals surface area contributed by atoms with Crippen LogP contribution in [-0.2, 0) is 0 Å². The molecule has 0 aliphatic carbocycles. The molecule has 31 heavy (non-hydrogen) atoms. The second-order valence-electron chi connectivity index (χ2n) is 7.58. The van der Waals surface area contributed by atoms with Gasteiger partial charge in [-0.25, -0.2) is 4.52 Å². The van der Waals surface area contributed by atoms with Crippen LogP contribution in [0.1, 0.15) is 21.7 Å². The molecule has 1 saturated heterocycles. The van der Waals surface area contributed by atoms with Crippen LogP contribution in [0.3, 0.4) is 0 Å². The van der Waals surface area contributed by atoms with E-state index < -0.39 is 0 Å². The van der Waals surface area contributed by atoms with E-state index in [0.717, 1.165) is 16.9 Å². The van der Waals surface area contributed by atoms with E-state index in [2.05, 4.69) is 30.5 Å². The Kier molecular flexibility index (Phi) is 4.73. The Morgan fingerprint density at radius 1 is 1.13 bits per heavy atom. The van der Waals surface area contributed by atoms with Gasteiger partial charge in [-0.3, -0.25) is 14.9 Å². The summed E-state index contributed by atoms with van der Waals surface area (Å²) in [6, 6.07) is 9.44. The molecule has 1 fully saturated rings. The standard InChI is InChI=1S/C21H23N9O/c1-14-13-18(26-25-14)23-19-17-6-4-8-30(17)27-21(24-19)29-11-9-28(10-12-29)20(31)16-5-3-7-22-15(16)2/h3-8,13H,9-12H2,1-2H3,(H2,23,24,25,26,27). The van der Waals surface area contributed by atoms with Crippen LogP contribution in [0.25, 0.3) is 5.52 Å². The van der Waals surface area contributed by atoms with Gasteiger partial charge >= 0.3 is 0 Å². The zero-order valence-electron chi connectivity index (χ0n) is 17.4. The van der Waals surface area contributed by atoms with Crippen molar-refractivity contribution in [2.45, 2.75) is 13.8 Å². The average Bonchev–Trinajstić information content (AvgIpc) is 3.42. The van der Waals surface area contributed by atoms with Gasteiger partial charge in [-0.1, -0.05) is 0 Å². The third-order valence-corrected chi connectivity index (χ3v) is 5.42. The number of anilines is 3. The highest BCUT2D eigenvalue weighted by Crippen LogP contribution is 2.23. The summed E-state index contributed by atoms with van der Waals surface area (Å²) in [6.45, 7) is 6.31. The summed E-state index contributed by atoms with van der Waals surface area (Å²) >= 11 is 0. The molecule has 10 nitrogen and oxygen atoms in total. The lowest BCUT2D eigenvalue weighted by molar-refractivity contribution is 0.0745. The van der Waals surface area contributed by atoms with E-state index in [1.165, 1.54) is 0 Å². The molecular weight excluding hydrogens is 394 g/mol. The molecule has 0 spiro atoms. The minimum atomic E-state index is 0.0169. The number of nitrogens with one attached hydrogen (secondary N) is 2. The molecule has 1 amide bonds. The Morgan fingerprint density at radius 3 is 2.71 bits per heavy atom. The highest BCUT2D eigenvalue weighted by Gasteiger charge is 2.25. The van der Waals surface area contributed by atoms with Crippen molar-refractivity contribution in [3.05, 3.63) is 59.7 Å². The van der Waals surface area contributed by atoms with Gasteiger partial charge in [0.1, 0.15) is 5.52 Å². The Morgan fingerprint density at radius 2 is 1.97 bits per heavy atom. The molecule has 1 aliphatic heterocycles. The summed E-state index contributed by atoms with van der Waals surface area (Å²) in [7, 11) is 0. The fourth-order valence-corrected chi connectivity index (χ4v) is 3.74. The molecule has 10 heteroatoms. The van der Waals surface area contributed by atoms with Crippen molar-refractivity contribution in [2.75, 3.05) is 36.4 Å². The van der Waals surface area contributed by atoms with Gasteiger partial charge in [-0.15, -0.1) is 5.10 Å². The third kappa shape index (κ3) is 3.67. The number of hydrogen-bond donors (Lipinski definition) is 2. The molecule has 0 unspecified atom stereocenters. The highest BCUT2D eigenvalue weighted by atomic mass is 16.2. The first-order chi connectivity index (χ1) is 15.1. The second-order valence-corrected chi connectivity index (χ2v) is 7.58. The van der Waals surface area contributed by atoms with Crippen molar-refractivity contribution in [1.29, 1.82) is 0 Å². The number of carbonyl (C=O) groups excluding carboxylic acids is 1. The maximum Gasteiger partial charge on any atom is 0.255 e. The number of nitrogens with zero attached hydrogens (tertiary/aromatic N) is 7. The van der Waals surface area contributed by atoms with E-state index in [0.29, 0.717) is 49.3 Å². The fourth-order valence-electron chi connectivity index (χ4n) is 3.74. The quantitative estimate of drug-likeness (QED) is 0.524. The molecule has 0 aromatic carbocycles. The Hall–Kier alpha value is -3.95. The lowest BCUT2D eigenvalue weighted by Crippen LogP contribution is -2.49. The molecule has 5 heterocycles. The molecule has 4 aromatic heterocycles. The number of aryl methyl sites for hydroxylation is 2. The van der Waals surface area contributed by atoms with E-state index >= 15 is 0 Å². The van der Waals surface area contributed by atoms with Crippen molar-refractivity contribution in [1.82, 2.24) is 34.7 Å². The first-order valence-corrected chi connectivity index (χ1v) is 10.2. The fraction of sp³-hybridized carbons (Fsp3) is 0.286. The number of aromatic nitrogens is 6. The molecule has 2 N–H and O–H groups in total. The molecule has 0 bridgehead atoms. The van der Waals surface area contributed by atoms with E-state index in [-0.39, 0.29) is 5.91 Å². The number of rotatable bonds is 4. The monoisotopic (exact) mass is 417 g/mol. The molecule has 5 rings (SSSR count). The van der Waals surface area contributed by atoms with E-state index in [4.69, 9.17) is 4.98 Å². The molecule has 4 aromatic rings. The summed E-state index contributed by atoms with van der Waals surface area (Å²) < 4.78 is 1.81. The normalized spacial score (nSPS) is 14.3. The van der Waals surface area contributed by atoms with Gasteiger partial charge in [0.2, 0.25) is 5.95 Å². The van der Waals surface area contributed by atoms with E-state index in [1.54, 1.807) is 16.8 Å². The lowest BCUT2D eigenvalue weighted by Gasteiger charge is -2.35. The topological polar surface area (TPSA) is 107 Å². The summed E-state index contributed by atoms with van der Waals surface area (Å²) in [5.74, 6) is 2.02. The number of H-pyrrole nitrogens is 1. The first kappa shape index (κ1) is 19.0. The minimum absolute atomic E-state index is 0.0169. The Labute approximate surface area is 178 Å². The Bertz CT molecular complexity index is 1240. The van der Waals surface area contributed by atoms with E-state index in [1.807, 2.05) is 49.2 Å². The maximum absolute atomic E-state index is 12.9. The van der Waals surface area contributed by atoms with Crippen LogP contribution in [0.2, 0.25) is 0 Å². The smallest absolute Gasteiger partial charge is 0.255 e. The van der Waals surface area contributed by atoms with Gasteiger partial charge in [-0.2, -0.15) is 10.1 Å². The largest absolute Gasteiger partial charge is 0.336 e. The summed E-state index contributed by atoms with van der Waals surface area (Å²) in [5.41, 5.74) is 3.24. The zero-order valence-corrected chi connectivity index (χ0v) is 17.4. The molecule has 0 saturated carbocycles. The Balaban J connectivity index is 1.35. The molecule has 0 radical (unpaired) electrons. The van der Waals surface area contributed by atoms with Crippen molar-refractivity contribution >= 4 is 29.0 Å². The maximum atomic E-state index is 12.9. The number of aromatic amines is 1. The van der Waals surface area contributed by atoms with Crippen LogP contribution in [0.15, 0.2) is 42.7 Å². The molecule has 1 aliphatic rings. The van der Waals surface area contributed by atoms with Gasteiger partial charge < -0.3 is 15.1 Å². The summed E-state index contributed by atoms with van der Waals surface area (Å²) in [5, 5.41) is 15.1. The van der Waals surface area contributed by atoms with Crippen molar-refractivity contribution in [2.24, 2.45) is 0 Å². The van der Waals surface area contributed by atoms with Crippen LogP contribution >= 0.6 is 0 Å². The van der Waals surface area contributed by atoms with Gasteiger partial charge in [0, 0.05) is 56.0 Å². The number of carbonyl (C=O) groups is 1. The van der Waals surface area contributed by atoms with Crippen molar-refractivity contribution < 1.29 is 4.79 Å².